The van der Waals surface area contributed by atoms with Crippen LogP contribution in [0.5, 0.6) is 5.75 Å². The summed E-state index contributed by atoms with van der Waals surface area (Å²) in [5.41, 5.74) is -5.81. The van der Waals surface area contributed by atoms with Crippen molar-refractivity contribution in [2.45, 2.75) is 56.2 Å². The van der Waals surface area contributed by atoms with E-state index in [9.17, 15) is 26.4 Å². The van der Waals surface area contributed by atoms with Crippen molar-refractivity contribution in [3.05, 3.63) is 18.0 Å². The molecule has 2 aliphatic heterocycles. The number of nitrogens with zero attached hydrogens (tertiary/aromatic N) is 2. The minimum Gasteiger partial charge on any atom is -0.460 e. The molecule has 4 rings (SSSR count). The van der Waals surface area contributed by atoms with Gasteiger partial charge in [0.15, 0.2) is 5.58 Å². The second-order valence-electron chi connectivity index (χ2n) is 7.89. The molecule has 13 heteroatoms. The Labute approximate surface area is 182 Å². The molecule has 2 bridgehead atoms. The molecule has 2 aromatic heterocycles. The predicted molar refractivity (Wildman–Crippen MR) is 107 cm³/mol. The number of anilines is 1. The summed E-state index contributed by atoms with van der Waals surface area (Å²) in [5.74, 6) is -2.52. The highest BCUT2D eigenvalue weighted by atomic mass is 32.2. The predicted octanol–water partition coefficient (Wildman–Crippen LogP) is 3.27. The third-order valence-corrected chi connectivity index (χ3v) is 6.87. The van der Waals surface area contributed by atoms with Gasteiger partial charge in [0.05, 0.1) is 18.2 Å². The van der Waals surface area contributed by atoms with Crippen LogP contribution in [0, 0.1) is 0 Å². The molecule has 9 nitrogen and oxygen atoms in total. The number of aromatic nitrogens is 1. The van der Waals surface area contributed by atoms with Gasteiger partial charge in [0.2, 0.25) is 5.75 Å². The fourth-order valence-electron chi connectivity index (χ4n) is 4.37. The molecule has 2 aliphatic rings. The van der Waals surface area contributed by atoms with Crippen molar-refractivity contribution in [1.29, 1.82) is 0 Å². The summed E-state index contributed by atoms with van der Waals surface area (Å²) in [6, 6.07) is 2.28. The molecule has 32 heavy (non-hydrogen) atoms. The second kappa shape index (κ2) is 8.10. The number of furan rings is 1. The van der Waals surface area contributed by atoms with E-state index >= 15 is 0 Å². The fraction of sp³-hybridized carbons (Fsp3) is 0.579. The van der Waals surface area contributed by atoms with Crippen molar-refractivity contribution in [2.75, 3.05) is 19.0 Å². The Morgan fingerprint density at radius 1 is 1.31 bits per heavy atom. The maximum Gasteiger partial charge on any atom is 0.534 e. The molecule has 176 valence electrons. The topological polar surface area (TPSA) is 111 Å². The molecule has 0 spiro atoms. The average Bonchev–Trinajstić information content (AvgIpc) is 3.13. The Balaban J connectivity index is 1.69. The molecule has 0 radical (unpaired) electrons. The van der Waals surface area contributed by atoms with E-state index in [0.29, 0.717) is 17.9 Å². The van der Waals surface area contributed by atoms with Crippen molar-refractivity contribution in [1.82, 2.24) is 9.88 Å². The molecule has 0 aliphatic carbocycles. The lowest BCUT2D eigenvalue weighted by Crippen LogP contribution is -2.44. The maximum atomic E-state index is 12.9. The third kappa shape index (κ3) is 4.10. The number of halogens is 3. The van der Waals surface area contributed by atoms with Gasteiger partial charge in [-0.05, 0) is 45.7 Å². The van der Waals surface area contributed by atoms with E-state index in [0.717, 1.165) is 25.7 Å². The van der Waals surface area contributed by atoms with Crippen LogP contribution in [-0.2, 0) is 14.9 Å². The van der Waals surface area contributed by atoms with Gasteiger partial charge in [-0.25, -0.2) is 9.78 Å². The van der Waals surface area contributed by atoms with Crippen LogP contribution in [-0.4, -0.2) is 61.6 Å². The van der Waals surface area contributed by atoms with E-state index in [4.69, 9.17) is 9.15 Å². The number of fused-ring (bicyclic) bond motifs is 3. The van der Waals surface area contributed by atoms with Gasteiger partial charge >= 0.3 is 21.6 Å². The monoisotopic (exact) mass is 477 g/mol. The second-order valence-corrected chi connectivity index (χ2v) is 9.43. The number of hydrogen-bond donors (Lipinski definition) is 1. The normalized spacial score (nSPS) is 24.0. The van der Waals surface area contributed by atoms with Crippen LogP contribution in [0.1, 0.15) is 43.2 Å². The number of alkyl halides is 3. The van der Waals surface area contributed by atoms with Crippen LogP contribution in [0.2, 0.25) is 0 Å². The Kier molecular flexibility index (Phi) is 5.74. The number of nitrogens with one attached hydrogen (secondary N) is 1. The van der Waals surface area contributed by atoms with Crippen molar-refractivity contribution in [3.8, 4) is 5.75 Å². The lowest BCUT2D eigenvalue weighted by molar-refractivity contribution is -0.0500. The number of rotatable bonds is 6. The highest BCUT2D eigenvalue weighted by Gasteiger charge is 2.50. The minimum absolute atomic E-state index is 0.0911. The summed E-state index contributed by atoms with van der Waals surface area (Å²) in [4.78, 5) is 18.7. The van der Waals surface area contributed by atoms with Gasteiger partial charge in [0.25, 0.3) is 5.76 Å². The lowest BCUT2D eigenvalue weighted by atomic mass is 9.98. The maximum absolute atomic E-state index is 12.9. The summed E-state index contributed by atoms with van der Waals surface area (Å²) >= 11 is 0. The molecule has 4 heterocycles. The molecular weight excluding hydrogens is 455 g/mol. The Morgan fingerprint density at radius 2 is 1.97 bits per heavy atom. The molecule has 2 saturated heterocycles. The van der Waals surface area contributed by atoms with Crippen LogP contribution in [0.25, 0.3) is 11.0 Å². The van der Waals surface area contributed by atoms with E-state index in [1.54, 1.807) is 0 Å². The molecule has 0 saturated carbocycles. The van der Waals surface area contributed by atoms with Crippen LogP contribution in [0.4, 0.5) is 19.0 Å². The number of hydrogen-bond acceptors (Lipinski definition) is 9. The zero-order valence-electron chi connectivity index (χ0n) is 17.3. The highest BCUT2D eigenvalue weighted by molar-refractivity contribution is 7.88. The summed E-state index contributed by atoms with van der Waals surface area (Å²) in [6.45, 7) is 1.37. The molecule has 2 atom stereocenters. The van der Waals surface area contributed by atoms with Gasteiger partial charge in [-0.15, -0.1) is 0 Å². The first-order valence-electron chi connectivity index (χ1n) is 10.1. The first-order chi connectivity index (χ1) is 15.0. The number of pyridine rings is 1. The minimum atomic E-state index is -6.05. The number of carbonyl (C=O) groups excluding carboxylic acids is 1. The third-order valence-electron chi connectivity index (χ3n) is 5.92. The number of ether oxygens (including phenoxy) is 1. The van der Waals surface area contributed by atoms with Crippen molar-refractivity contribution in [2.24, 2.45) is 0 Å². The van der Waals surface area contributed by atoms with Crippen LogP contribution in [0.15, 0.2) is 16.7 Å². The van der Waals surface area contributed by atoms with Crippen LogP contribution < -0.4 is 9.50 Å². The number of carbonyl (C=O) groups is 1. The van der Waals surface area contributed by atoms with E-state index in [1.165, 1.54) is 19.2 Å². The molecule has 2 fully saturated rings. The van der Waals surface area contributed by atoms with Gasteiger partial charge in [-0.3, -0.25) is 0 Å². The van der Waals surface area contributed by atoms with Gasteiger partial charge in [-0.2, -0.15) is 21.6 Å². The summed E-state index contributed by atoms with van der Waals surface area (Å²) in [6.07, 6.45) is 5.14. The zero-order chi connectivity index (χ0) is 23.3. The largest absolute Gasteiger partial charge is 0.534 e. The van der Waals surface area contributed by atoms with E-state index in [-0.39, 0.29) is 23.6 Å². The molecule has 2 unspecified atom stereocenters. The van der Waals surface area contributed by atoms with Crippen LogP contribution >= 0.6 is 0 Å². The average molecular weight is 477 g/mol. The molecular formula is C19H22F3N3O6S. The Hall–Kier alpha value is -2.54. The van der Waals surface area contributed by atoms with Gasteiger partial charge < -0.3 is 23.6 Å². The van der Waals surface area contributed by atoms with Crippen LogP contribution in [0.3, 0.4) is 0 Å². The smallest absolute Gasteiger partial charge is 0.460 e. The lowest BCUT2D eigenvalue weighted by Gasteiger charge is -2.36. The number of piperidine rings is 1. The number of esters is 1. The van der Waals surface area contributed by atoms with Gasteiger partial charge in [0.1, 0.15) is 5.82 Å². The quantitative estimate of drug-likeness (QED) is 0.381. The van der Waals surface area contributed by atoms with E-state index < -0.39 is 33.1 Å². The molecule has 0 amide bonds. The molecule has 2 aromatic rings. The molecule has 1 N–H and O–H groups in total. The van der Waals surface area contributed by atoms with Crippen molar-refractivity contribution >= 4 is 32.9 Å². The SMILES string of the molecule is CCOC(=O)c1oc2cnc(NC3CC4CCC(C3)N4C)cc2c1OS(=O)(=O)C(F)(F)F. The highest BCUT2D eigenvalue weighted by Crippen LogP contribution is 2.39. The summed E-state index contributed by atoms with van der Waals surface area (Å²) < 4.78 is 76.3. The first kappa shape index (κ1) is 22.6. The molecule has 0 aromatic carbocycles. The van der Waals surface area contributed by atoms with Crippen molar-refractivity contribution < 1.29 is 39.7 Å². The Bertz CT molecular complexity index is 1120. The first-order valence-corrected chi connectivity index (χ1v) is 11.5. The Morgan fingerprint density at radius 3 is 2.56 bits per heavy atom. The van der Waals surface area contributed by atoms with Gasteiger partial charge in [-0.1, -0.05) is 0 Å². The zero-order valence-corrected chi connectivity index (χ0v) is 18.1. The summed E-state index contributed by atoms with van der Waals surface area (Å²) in [7, 11) is -3.96. The van der Waals surface area contributed by atoms with E-state index in [2.05, 4.69) is 26.4 Å². The fourth-order valence-corrected chi connectivity index (χ4v) is 4.85. The summed E-state index contributed by atoms with van der Waals surface area (Å²) in [5, 5.41) is 3.11. The van der Waals surface area contributed by atoms with Crippen molar-refractivity contribution in [3.63, 3.8) is 0 Å². The standard InChI is InChI=1S/C19H22F3N3O6S/c1-3-29-18(26)17-16(31-32(27,28)19(20,21)22)13-8-15(23-9-14(13)30-17)24-10-6-11-4-5-12(7-10)25(11)2/h8-12H,3-7H2,1-2H3,(H,23,24). The van der Waals surface area contributed by atoms with E-state index in [1.807, 2.05) is 0 Å². The van der Waals surface area contributed by atoms with Gasteiger partial charge in [0, 0.05) is 18.1 Å².